The van der Waals surface area contributed by atoms with Gasteiger partial charge >= 0.3 is 0 Å². The summed E-state index contributed by atoms with van der Waals surface area (Å²) in [5.74, 6) is 1.41. The van der Waals surface area contributed by atoms with E-state index < -0.39 is 0 Å². The molecule has 2 atom stereocenters. The third-order valence-corrected chi connectivity index (χ3v) is 3.90. The smallest absolute Gasteiger partial charge is 0.0406 e. The average molecular weight is 268 g/mol. The fraction of sp³-hybridized carbons (Fsp3) is 0.444. The van der Waals surface area contributed by atoms with Crippen molar-refractivity contribution in [2.24, 2.45) is 11.8 Å². The molecule has 2 rings (SSSR count). The van der Waals surface area contributed by atoms with E-state index in [2.05, 4.69) is 42.0 Å². The molecular weight excluding hydrogens is 244 g/mol. The van der Waals surface area contributed by atoms with Gasteiger partial charge in [-0.25, -0.2) is 0 Å². The van der Waals surface area contributed by atoms with Gasteiger partial charge in [-0.05, 0) is 54.9 Å². The molecular formula is C18H24N2. The van der Waals surface area contributed by atoms with Crippen LogP contribution in [0.2, 0.25) is 0 Å². The third-order valence-electron chi connectivity index (χ3n) is 3.90. The van der Waals surface area contributed by atoms with Crippen molar-refractivity contribution in [3.05, 3.63) is 60.2 Å². The Morgan fingerprint density at radius 2 is 1.95 bits per heavy atom. The van der Waals surface area contributed by atoms with Crippen molar-refractivity contribution in [3.8, 4) is 0 Å². The van der Waals surface area contributed by atoms with Crippen LogP contribution in [0.25, 0.3) is 0 Å². The quantitative estimate of drug-likeness (QED) is 0.747. The first kappa shape index (κ1) is 14.7. The monoisotopic (exact) mass is 268 g/mol. The van der Waals surface area contributed by atoms with Gasteiger partial charge in [-0.1, -0.05) is 32.4 Å². The number of aromatic nitrogens is 2. The van der Waals surface area contributed by atoms with Crippen LogP contribution in [-0.4, -0.2) is 9.97 Å². The van der Waals surface area contributed by atoms with E-state index >= 15 is 0 Å². The van der Waals surface area contributed by atoms with E-state index in [0.29, 0.717) is 5.92 Å². The van der Waals surface area contributed by atoms with E-state index in [1.165, 1.54) is 24.1 Å². The first-order valence-corrected chi connectivity index (χ1v) is 7.56. The lowest BCUT2D eigenvalue weighted by Crippen LogP contribution is -2.13. The van der Waals surface area contributed by atoms with Gasteiger partial charge in [-0.3, -0.25) is 9.97 Å². The Bertz CT molecular complexity index is 440. The second kappa shape index (κ2) is 7.78. The summed E-state index contributed by atoms with van der Waals surface area (Å²) in [5.41, 5.74) is 2.53. The zero-order valence-corrected chi connectivity index (χ0v) is 12.5. The van der Waals surface area contributed by atoms with Crippen LogP contribution in [0.4, 0.5) is 0 Å². The third kappa shape index (κ3) is 4.76. The van der Waals surface area contributed by atoms with Crippen LogP contribution in [0.1, 0.15) is 37.9 Å². The maximum Gasteiger partial charge on any atom is 0.0406 e. The van der Waals surface area contributed by atoms with Crippen molar-refractivity contribution in [1.29, 1.82) is 0 Å². The van der Waals surface area contributed by atoms with Crippen molar-refractivity contribution >= 4 is 0 Å². The topological polar surface area (TPSA) is 25.8 Å². The summed E-state index contributed by atoms with van der Waals surface area (Å²) >= 11 is 0. The van der Waals surface area contributed by atoms with Crippen LogP contribution in [0.15, 0.2) is 48.9 Å². The molecule has 0 N–H and O–H groups in total. The minimum atomic E-state index is 0.643. The second-order valence-corrected chi connectivity index (χ2v) is 5.71. The minimum absolute atomic E-state index is 0.643. The van der Waals surface area contributed by atoms with Crippen LogP contribution >= 0.6 is 0 Å². The lowest BCUT2D eigenvalue weighted by atomic mass is 9.86. The Labute approximate surface area is 122 Å². The molecule has 20 heavy (non-hydrogen) atoms. The van der Waals surface area contributed by atoms with Gasteiger partial charge in [0.1, 0.15) is 0 Å². The molecule has 0 radical (unpaired) electrons. The molecule has 0 spiro atoms. The van der Waals surface area contributed by atoms with Gasteiger partial charge in [0.15, 0.2) is 0 Å². The second-order valence-electron chi connectivity index (χ2n) is 5.71. The molecule has 2 heterocycles. The molecule has 0 aromatic carbocycles. The predicted molar refractivity (Wildman–Crippen MR) is 83.4 cm³/mol. The Morgan fingerprint density at radius 3 is 2.60 bits per heavy atom. The fourth-order valence-electron chi connectivity index (χ4n) is 2.64. The maximum absolute atomic E-state index is 4.48. The molecule has 0 aliphatic heterocycles. The highest BCUT2D eigenvalue weighted by Crippen LogP contribution is 2.22. The van der Waals surface area contributed by atoms with Crippen molar-refractivity contribution in [2.45, 2.75) is 39.5 Å². The van der Waals surface area contributed by atoms with E-state index in [0.717, 1.165) is 18.8 Å². The van der Waals surface area contributed by atoms with Gasteiger partial charge in [-0.15, -0.1) is 0 Å². The Morgan fingerprint density at radius 1 is 1.05 bits per heavy atom. The number of hydrogen-bond donors (Lipinski definition) is 0. The van der Waals surface area contributed by atoms with Crippen molar-refractivity contribution < 1.29 is 0 Å². The largest absolute Gasteiger partial charge is 0.264 e. The highest BCUT2D eigenvalue weighted by Gasteiger charge is 2.14. The van der Waals surface area contributed by atoms with Crippen LogP contribution in [0.5, 0.6) is 0 Å². The van der Waals surface area contributed by atoms with E-state index in [1.807, 2.05) is 30.7 Å². The normalized spacial score (nSPS) is 13.9. The summed E-state index contributed by atoms with van der Waals surface area (Å²) in [6.07, 6.45) is 10.4. The highest BCUT2D eigenvalue weighted by molar-refractivity contribution is 5.11. The van der Waals surface area contributed by atoms with Crippen LogP contribution < -0.4 is 0 Å². The fourth-order valence-corrected chi connectivity index (χ4v) is 2.64. The van der Waals surface area contributed by atoms with E-state index in [4.69, 9.17) is 0 Å². The number of pyridine rings is 2. The molecule has 0 aliphatic rings. The van der Waals surface area contributed by atoms with Crippen molar-refractivity contribution in [1.82, 2.24) is 9.97 Å². The van der Waals surface area contributed by atoms with Gasteiger partial charge in [0.25, 0.3) is 0 Å². The predicted octanol–water partition coefficient (Wildman–Crippen LogP) is 4.31. The van der Waals surface area contributed by atoms with Gasteiger partial charge < -0.3 is 0 Å². The van der Waals surface area contributed by atoms with E-state index in [9.17, 15) is 0 Å². The molecule has 2 unspecified atom stereocenters. The summed E-state index contributed by atoms with van der Waals surface area (Å²) in [5, 5.41) is 0. The maximum atomic E-state index is 4.48. The van der Waals surface area contributed by atoms with Crippen molar-refractivity contribution in [2.75, 3.05) is 0 Å². The Balaban J connectivity index is 2.04. The highest BCUT2D eigenvalue weighted by atomic mass is 14.7. The first-order chi connectivity index (χ1) is 9.78. The first-order valence-electron chi connectivity index (χ1n) is 7.56. The number of nitrogens with zero attached hydrogens (tertiary/aromatic N) is 2. The zero-order chi connectivity index (χ0) is 14.2. The van der Waals surface area contributed by atoms with Gasteiger partial charge in [0, 0.05) is 24.3 Å². The number of rotatable bonds is 7. The Kier molecular flexibility index (Phi) is 5.72. The standard InChI is InChI=1S/C18H24N2/c1-3-15(2)11-17(12-16-7-6-9-19-14-16)13-18-8-4-5-10-20-18/h4-10,14-15,17H,3,11-13H2,1-2H3. The summed E-state index contributed by atoms with van der Waals surface area (Å²) in [4.78, 5) is 8.71. The summed E-state index contributed by atoms with van der Waals surface area (Å²) in [7, 11) is 0. The Hall–Kier alpha value is -1.70. The molecule has 0 aliphatic carbocycles. The molecule has 0 fully saturated rings. The average Bonchev–Trinajstić information content (AvgIpc) is 2.49. The van der Waals surface area contributed by atoms with E-state index in [-0.39, 0.29) is 0 Å². The van der Waals surface area contributed by atoms with Crippen LogP contribution in [0, 0.1) is 11.8 Å². The van der Waals surface area contributed by atoms with Crippen LogP contribution in [0.3, 0.4) is 0 Å². The molecule has 0 saturated heterocycles. The SMILES string of the molecule is CCC(C)CC(Cc1cccnc1)Cc1ccccn1. The summed E-state index contributed by atoms with van der Waals surface area (Å²) < 4.78 is 0. The summed E-state index contributed by atoms with van der Waals surface area (Å²) in [6.45, 7) is 4.61. The van der Waals surface area contributed by atoms with E-state index in [1.54, 1.807) is 0 Å². The van der Waals surface area contributed by atoms with Crippen molar-refractivity contribution in [3.63, 3.8) is 0 Å². The molecule has 2 aromatic heterocycles. The van der Waals surface area contributed by atoms with Gasteiger partial charge in [0.05, 0.1) is 0 Å². The molecule has 0 bridgehead atoms. The van der Waals surface area contributed by atoms with Gasteiger partial charge in [0.2, 0.25) is 0 Å². The molecule has 0 amide bonds. The molecule has 2 aromatic rings. The molecule has 0 saturated carbocycles. The van der Waals surface area contributed by atoms with Gasteiger partial charge in [-0.2, -0.15) is 0 Å². The molecule has 2 nitrogen and oxygen atoms in total. The lowest BCUT2D eigenvalue weighted by Gasteiger charge is -2.20. The zero-order valence-electron chi connectivity index (χ0n) is 12.5. The summed E-state index contributed by atoms with van der Waals surface area (Å²) in [6, 6.07) is 10.4. The van der Waals surface area contributed by atoms with Crippen LogP contribution in [-0.2, 0) is 12.8 Å². The number of hydrogen-bond acceptors (Lipinski definition) is 2. The molecule has 2 heteroatoms. The minimum Gasteiger partial charge on any atom is -0.264 e. The molecule has 106 valence electrons. The lowest BCUT2D eigenvalue weighted by molar-refractivity contribution is 0.375.